The van der Waals surface area contributed by atoms with Crippen LogP contribution in [0.4, 0.5) is 4.39 Å². The van der Waals surface area contributed by atoms with E-state index >= 15 is 0 Å². The number of benzene rings is 2. The highest BCUT2D eigenvalue weighted by Crippen LogP contribution is 2.26. The summed E-state index contributed by atoms with van der Waals surface area (Å²) in [5.74, 6) is -0.816. The third-order valence-electron chi connectivity index (χ3n) is 3.68. The molecular weight excluding hydrogens is 269 g/mol. The summed E-state index contributed by atoms with van der Waals surface area (Å²) < 4.78 is 13.4. The highest BCUT2D eigenvalue weighted by Gasteiger charge is 2.39. The van der Waals surface area contributed by atoms with Crippen molar-refractivity contribution in [2.24, 2.45) is 0 Å². The van der Waals surface area contributed by atoms with Gasteiger partial charge in [0, 0.05) is 0 Å². The molecule has 2 aromatic carbocycles. The summed E-state index contributed by atoms with van der Waals surface area (Å²) in [6, 6.07) is 15.2. The van der Waals surface area contributed by atoms with E-state index in [1.165, 1.54) is 0 Å². The predicted molar refractivity (Wildman–Crippen MR) is 76.9 cm³/mol. The molecule has 0 aliphatic carbocycles. The molecule has 1 aliphatic rings. The number of fused-ring (bicyclic) bond motifs is 1. The number of imide groups is 1. The Hall–Kier alpha value is -2.49. The van der Waals surface area contributed by atoms with Gasteiger partial charge < -0.3 is 0 Å². The number of hydrogen-bond donors (Lipinski definition) is 0. The van der Waals surface area contributed by atoms with E-state index in [4.69, 9.17) is 0 Å². The highest BCUT2D eigenvalue weighted by atomic mass is 19.1. The second kappa shape index (κ2) is 5.48. The molecule has 0 radical (unpaired) electrons. The first-order chi connectivity index (χ1) is 10.2. The molecule has 0 unspecified atom stereocenters. The van der Waals surface area contributed by atoms with Crippen LogP contribution in [0.5, 0.6) is 0 Å². The van der Waals surface area contributed by atoms with E-state index in [9.17, 15) is 14.0 Å². The zero-order chi connectivity index (χ0) is 14.8. The van der Waals surface area contributed by atoms with Crippen LogP contribution in [-0.2, 0) is 6.42 Å². The first kappa shape index (κ1) is 13.5. The normalized spacial score (nSPS) is 15.2. The van der Waals surface area contributed by atoms with Crippen molar-refractivity contribution < 1.29 is 14.0 Å². The summed E-state index contributed by atoms with van der Waals surface area (Å²) in [4.78, 5) is 25.7. The molecule has 4 heteroatoms. The van der Waals surface area contributed by atoms with Crippen LogP contribution in [0.3, 0.4) is 0 Å². The van der Waals surface area contributed by atoms with Gasteiger partial charge in [-0.15, -0.1) is 0 Å². The van der Waals surface area contributed by atoms with Crippen LogP contribution in [0.25, 0.3) is 0 Å². The lowest BCUT2D eigenvalue weighted by Crippen LogP contribution is -2.42. The zero-order valence-electron chi connectivity index (χ0n) is 11.3. The van der Waals surface area contributed by atoms with E-state index < -0.39 is 24.5 Å². The number of halogens is 1. The Labute approximate surface area is 122 Å². The molecule has 0 saturated heterocycles. The zero-order valence-corrected chi connectivity index (χ0v) is 11.3. The molecular formula is C17H14FNO2. The molecule has 3 rings (SSSR count). The maximum absolute atomic E-state index is 13.4. The summed E-state index contributed by atoms with van der Waals surface area (Å²) in [6.07, 6.45) is 0.322. The molecule has 0 spiro atoms. The van der Waals surface area contributed by atoms with Crippen molar-refractivity contribution in [3.05, 3.63) is 71.3 Å². The van der Waals surface area contributed by atoms with Crippen LogP contribution in [0, 0.1) is 0 Å². The van der Waals surface area contributed by atoms with Gasteiger partial charge in [0.15, 0.2) is 0 Å². The maximum atomic E-state index is 13.4. The summed E-state index contributed by atoms with van der Waals surface area (Å²) in [7, 11) is 0. The highest BCUT2D eigenvalue weighted by molar-refractivity contribution is 6.21. The Morgan fingerprint density at radius 1 is 0.857 bits per heavy atom. The van der Waals surface area contributed by atoms with Gasteiger partial charge in [-0.1, -0.05) is 42.5 Å². The standard InChI is InChI=1S/C17H14FNO2/c18-11-13(10-12-6-2-1-3-7-12)19-16(20)14-8-4-5-9-15(14)17(19)21/h1-9,13H,10-11H2/t13-/m1/s1. The Morgan fingerprint density at radius 2 is 1.38 bits per heavy atom. The fraction of sp³-hybridized carbons (Fsp3) is 0.176. The molecule has 1 heterocycles. The van der Waals surface area contributed by atoms with E-state index in [0.29, 0.717) is 17.5 Å². The lowest BCUT2D eigenvalue weighted by molar-refractivity contribution is 0.0559. The van der Waals surface area contributed by atoms with Gasteiger partial charge in [0.2, 0.25) is 0 Å². The predicted octanol–water partition coefficient (Wildman–Crippen LogP) is 2.86. The van der Waals surface area contributed by atoms with Gasteiger partial charge in [-0.25, -0.2) is 4.39 Å². The number of amides is 2. The van der Waals surface area contributed by atoms with Gasteiger partial charge in [0.25, 0.3) is 11.8 Å². The Kier molecular flexibility index (Phi) is 3.52. The van der Waals surface area contributed by atoms with Crippen LogP contribution < -0.4 is 0 Å². The van der Waals surface area contributed by atoms with Gasteiger partial charge in [-0.3, -0.25) is 14.5 Å². The molecule has 21 heavy (non-hydrogen) atoms. The number of nitrogens with zero attached hydrogens (tertiary/aromatic N) is 1. The monoisotopic (exact) mass is 283 g/mol. The van der Waals surface area contributed by atoms with Crippen molar-refractivity contribution in [1.82, 2.24) is 4.90 Å². The number of carbonyl (C=O) groups is 2. The minimum atomic E-state index is -0.764. The Bertz CT molecular complexity index is 649. The summed E-state index contributed by atoms with van der Waals surface area (Å²) in [6.45, 7) is -0.750. The van der Waals surface area contributed by atoms with Crippen molar-refractivity contribution in [3.8, 4) is 0 Å². The Balaban J connectivity index is 1.89. The smallest absolute Gasteiger partial charge is 0.261 e. The lowest BCUT2D eigenvalue weighted by Gasteiger charge is -2.23. The second-order valence-corrected chi connectivity index (χ2v) is 5.02. The average molecular weight is 283 g/mol. The molecule has 2 aromatic rings. The maximum Gasteiger partial charge on any atom is 0.261 e. The van der Waals surface area contributed by atoms with E-state index in [1.807, 2.05) is 30.3 Å². The first-order valence-electron chi connectivity index (χ1n) is 6.79. The van der Waals surface area contributed by atoms with Crippen molar-refractivity contribution >= 4 is 11.8 Å². The molecule has 0 fully saturated rings. The van der Waals surface area contributed by atoms with Gasteiger partial charge in [-0.2, -0.15) is 0 Å². The van der Waals surface area contributed by atoms with Gasteiger partial charge in [0.05, 0.1) is 17.2 Å². The molecule has 1 aliphatic heterocycles. The first-order valence-corrected chi connectivity index (χ1v) is 6.79. The molecule has 0 saturated carbocycles. The van der Waals surface area contributed by atoms with E-state index in [0.717, 1.165) is 10.5 Å². The van der Waals surface area contributed by atoms with Gasteiger partial charge >= 0.3 is 0 Å². The number of carbonyl (C=O) groups excluding carboxylic acids is 2. The van der Waals surface area contributed by atoms with E-state index in [1.54, 1.807) is 24.3 Å². The van der Waals surface area contributed by atoms with Crippen LogP contribution in [-0.4, -0.2) is 29.4 Å². The molecule has 0 N–H and O–H groups in total. The van der Waals surface area contributed by atoms with Crippen molar-refractivity contribution in [1.29, 1.82) is 0 Å². The number of alkyl halides is 1. The van der Waals surface area contributed by atoms with Crippen molar-refractivity contribution in [2.45, 2.75) is 12.5 Å². The molecule has 3 nitrogen and oxygen atoms in total. The average Bonchev–Trinajstić information content (AvgIpc) is 2.78. The summed E-state index contributed by atoms with van der Waals surface area (Å²) in [5.41, 5.74) is 1.61. The quantitative estimate of drug-likeness (QED) is 0.809. The van der Waals surface area contributed by atoms with Crippen LogP contribution in [0.15, 0.2) is 54.6 Å². The third-order valence-corrected chi connectivity index (χ3v) is 3.68. The number of rotatable bonds is 4. The van der Waals surface area contributed by atoms with E-state index in [2.05, 4.69) is 0 Å². The van der Waals surface area contributed by atoms with E-state index in [-0.39, 0.29) is 0 Å². The molecule has 1 atom stereocenters. The van der Waals surface area contributed by atoms with Crippen molar-refractivity contribution in [3.63, 3.8) is 0 Å². The minimum absolute atomic E-state index is 0.322. The fourth-order valence-electron chi connectivity index (χ4n) is 2.64. The number of hydrogen-bond acceptors (Lipinski definition) is 2. The molecule has 0 bridgehead atoms. The second-order valence-electron chi connectivity index (χ2n) is 5.02. The SMILES string of the molecule is O=C1c2ccccc2C(=O)N1[C@@H](CF)Cc1ccccc1. The minimum Gasteiger partial charge on any atom is -0.269 e. The van der Waals surface area contributed by atoms with Crippen molar-refractivity contribution in [2.75, 3.05) is 6.67 Å². The largest absolute Gasteiger partial charge is 0.269 e. The Morgan fingerprint density at radius 3 is 1.90 bits per heavy atom. The fourth-order valence-corrected chi connectivity index (χ4v) is 2.64. The topological polar surface area (TPSA) is 37.4 Å². The summed E-state index contributed by atoms with van der Waals surface area (Å²) >= 11 is 0. The molecule has 2 amide bonds. The van der Waals surface area contributed by atoms with Gasteiger partial charge in [0.1, 0.15) is 6.67 Å². The van der Waals surface area contributed by atoms with Crippen LogP contribution in [0.2, 0.25) is 0 Å². The van der Waals surface area contributed by atoms with Crippen LogP contribution >= 0.6 is 0 Å². The molecule has 106 valence electrons. The summed E-state index contributed by atoms with van der Waals surface area (Å²) in [5, 5.41) is 0. The molecule has 0 aromatic heterocycles. The van der Waals surface area contributed by atoms with Gasteiger partial charge in [-0.05, 0) is 24.1 Å². The third kappa shape index (κ3) is 2.33. The lowest BCUT2D eigenvalue weighted by atomic mass is 10.1. The van der Waals surface area contributed by atoms with Crippen LogP contribution in [0.1, 0.15) is 26.3 Å².